The predicted molar refractivity (Wildman–Crippen MR) is 91.9 cm³/mol. The Morgan fingerprint density at radius 2 is 2.00 bits per heavy atom. The van der Waals surface area contributed by atoms with Crippen LogP contribution in [0.15, 0.2) is 28.7 Å². The van der Waals surface area contributed by atoms with Gasteiger partial charge in [-0.25, -0.2) is 0 Å². The van der Waals surface area contributed by atoms with Gasteiger partial charge >= 0.3 is 0 Å². The molecule has 0 saturated heterocycles. The SMILES string of the molecule is COCCNCC(CCOc1cccc(Br)c1)C(C)(C)C. The Morgan fingerprint density at radius 3 is 2.62 bits per heavy atom. The third-order valence-corrected chi connectivity index (χ3v) is 4.12. The van der Waals surface area contributed by atoms with Crippen molar-refractivity contribution >= 4 is 15.9 Å². The molecule has 21 heavy (non-hydrogen) atoms. The van der Waals surface area contributed by atoms with Crippen LogP contribution in [0, 0.1) is 11.3 Å². The maximum atomic E-state index is 5.86. The molecule has 0 radical (unpaired) electrons. The van der Waals surface area contributed by atoms with Gasteiger partial charge in [-0.3, -0.25) is 0 Å². The van der Waals surface area contributed by atoms with Crippen LogP contribution in [0.5, 0.6) is 5.75 Å². The van der Waals surface area contributed by atoms with Crippen LogP contribution >= 0.6 is 15.9 Å². The Kier molecular flexibility index (Phi) is 8.30. The Bertz CT molecular complexity index is 404. The van der Waals surface area contributed by atoms with Crippen LogP contribution in [-0.2, 0) is 4.74 Å². The van der Waals surface area contributed by atoms with Crippen LogP contribution in [0.25, 0.3) is 0 Å². The summed E-state index contributed by atoms with van der Waals surface area (Å²) in [5.74, 6) is 1.49. The zero-order valence-corrected chi connectivity index (χ0v) is 15.2. The summed E-state index contributed by atoms with van der Waals surface area (Å²) in [7, 11) is 1.73. The van der Waals surface area contributed by atoms with Gasteiger partial charge in [0.25, 0.3) is 0 Å². The molecule has 0 saturated carbocycles. The summed E-state index contributed by atoms with van der Waals surface area (Å²) in [5, 5.41) is 3.46. The average molecular weight is 358 g/mol. The van der Waals surface area contributed by atoms with Gasteiger partial charge in [0, 0.05) is 18.1 Å². The number of rotatable bonds is 9. The van der Waals surface area contributed by atoms with E-state index in [-0.39, 0.29) is 5.41 Å². The molecule has 3 nitrogen and oxygen atoms in total. The van der Waals surface area contributed by atoms with E-state index in [4.69, 9.17) is 9.47 Å². The van der Waals surface area contributed by atoms with Crippen molar-refractivity contribution < 1.29 is 9.47 Å². The first-order valence-electron chi connectivity index (χ1n) is 7.51. The first kappa shape index (κ1) is 18.5. The van der Waals surface area contributed by atoms with E-state index in [1.165, 1.54) is 0 Å². The Hall–Kier alpha value is -0.580. The van der Waals surface area contributed by atoms with Gasteiger partial charge in [-0.1, -0.05) is 42.8 Å². The lowest BCUT2D eigenvalue weighted by atomic mass is 9.79. The number of hydrogen-bond acceptors (Lipinski definition) is 3. The average Bonchev–Trinajstić information content (AvgIpc) is 2.40. The molecule has 1 atom stereocenters. The highest BCUT2D eigenvalue weighted by Crippen LogP contribution is 2.28. The maximum Gasteiger partial charge on any atom is 0.120 e. The van der Waals surface area contributed by atoms with Gasteiger partial charge in [-0.15, -0.1) is 0 Å². The molecule has 1 aromatic carbocycles. The van der Waals surface area contributed by atoms with Crippen molar-refractivity contribution in [1.29, 1.82) is 0 Å². The molecule has 4 heteroatoms. The third kappa shape index (κ3) is 7.84. The summed E-state index contributed by atoms with van der Waals surface area (Å²) in [6.07, 6.45) is 1.04. The normalized spacial score (nSPS) is 13.2. The molecule has 0 aliphatic carbocycles. The molecule has 1 aromatic rings. The van der Waals surface area contributed by atoms with Gasteiger partial charge in [-0.05, 0) is 42.5 Å². The lowest BCUT2D eigenvalue weighted by molar-refractivity contribution is 0.166. The molecule has 120 valence electrons. The molecule has 0 spiro atoms. The monoisotopic (exact) mass is 357 g/mol. The fourth-order valence-electron chi connectivity index (χ4n) is 2.17. The molecule has 0 aliphatic heterocycles. The van der Waals surface area contributed by atoms with E-state index < -0.39 is 0 Å². The van der Waals surface area contributed by atoms with E-state index >= 15 is 0 Å². The molecule has 1 N–H and O–H groups in total. The molecular weight excluding hydrogens is 330 g/mol. The minimum absolute atomic E-state index is 0.265. The Labute approximate surface area is 137 Å². The van der Waals surface area contributed by atoms with Crippen molar-refractivity contribution in [3.05, 3.63) is 28.7 Å². The molecule has 1 unspecified atom stereocenters. The molecule has 0 bridgehead atoms. The standard InChI is InChI=1S/C17H28BrNO2/c1-17(2,3)14(13-19-9-11-20-4)8-10-21-16-7-5-6-15(18)12-16/h5-7,12,14,19H,8-11,13H2,1-4H3. The van der Waals surface area contributed by atoms with E-state index in [0.717, 1.165) is 42.9 Å². The highest BCUT2D eigenvalue weighted by Gasteiger charge is 2.24. The minimum Gasteiger partial charge on any atom is -0.494 e. The van der Waals surface area contributed by atoms with Crippen molar-refractivity contribution in [2.24, 2.45) is 11.3 Å². The van der Waals surface area contributed by atoms with Gasteiger partial charge in [0.2, 0.25) is 0 Å². The number of halogens is 1. The van der Waals surface area contributed by atoms with Crippen molar-refractivity contribution in [2.75, 3.05) is 33.4 Å². The van der Waals surface area contributed by atoms with Gasteiger partial charge in [0.1, 0.15) is 5.75 Å². The largest absolute Gasteiger partial charge is 0.494 e. The highest BCUT2D eigenvalue weighted by atomic mass is 79.9. The zero-order valence-electron chi connectivity index (χ0n) is 13.6. The lowest BCUT2D eigenvalue weighted by Crippen LogP contribution is -2.34. The second-order valence-corrected chi connectivity index (χ2v) is 7.27. The quantitative estimate of drug-likeness (QED) is 0.674. The first-order valence-corrected chi connectivity index (χ1v) is 8.31. The van der Waals surface area contributed by atoms with E-state index in [1.807, 2.05) is 24.3 Å². The summed E-state index contributed by atoms with van der Waals surface area (Å²) in [4.78, 5) is 0. The summed E-state index contributed by atoms with van der Waals surface area (Å²) in [5.41, 5.74) is 0.265. The number of benzene rings is 1. The van der Waals surface area contributed by atoms with E-state index in [2.05, 4.69) is 42.0 Å². The first-order chi connectivity index (χ1) is 9.93. The van der Waals surface area contributed by atoms with Crippen molar-refractivity contribution in [2.45, 2.75) is 27.2 Å². The predicted octanol–water partition coefficient (Wildman–Crippen LogP) is 4.12. The van der Waals surface area contributed by atoms with Crippen LogP contribution in [0.1, 0.15) is 27.2 Å². The van der Waals surface area contributed by atoms with Crippen LogP contribution in [0.2, 0.25) is 0 Å². The fraction of sp³-hybridized carbons (Fsp3) is 0.647. The Morgan fingerprint density at radius 1 is 1.24 bits per heavy atom. The lowest BCUT2D eigenvalue weighted by Gasteiger charge is -2.31. The van der Waals surface area contributed by atoms with Gasteiger partial charge in [-0.2, -0.15) is 0 Å². The molecule has 1 rings (SSSR count). The number of methoxy groups -OCH3 is 1. The summed E-state index contributed by atoms with van der Waals surface area (Å²) < 4.78 is 12.0. The van der Waals surface area contributed by atoms with Crippen molar-refractivity contribution in [3.63, 3.8) is 0 Å². The van der Waals surface area contributed by atoms with Gasteiger partial charge < -0.3 is 14.8 Å². The van der Waals surface area contributed by atoms with Gasteiger partial charge in [0.15, 0.2) is 0 Å². The van der Waals surface area contributed by atoms with Crippen LogP contribution in [0.4, 0.5) is 0 Å². The number of ether oxygens (including phenoxy) is 2. The van der Waals surface area contributed by atoms with Gasteiger partial charge in [0.05, 0.1) is 13.2 Å². The third-order valence-electron chi connectivity index (χ3n) is 3.63. The smallest absolute Gasteiger partial charge is 0.120 e. The van der Waals surface area contributed by atoms with Crippen molar-refractivity contribution in [1.82, 2.24) is 5.32 Å². The second-order valence-electron chi connectivity index (χ2n) is 6.35. The van der Waals surface area contributed by atoms with E-state index in [1.54, 1.807) is 7.11 Å². The molecule has 0 fully saturated rings. The fourth-order valence-corrected chi connectivity index (χ4v) is 2.55. The van der Waals surface area contributed by atoms with Crippen LogP contribution in [0.3, 0.4) is 0 Å². The van der Waals surface area contributed by atoms with E-state index in [0.29, 0.717) is 5.92 Å². The summed E-state index contributed by atoms with van der Waals surface area (Å²) in [6, 6.07) is 7.99. The van der Waals surface area contributed by atoms with Crippen LogP contribution < -0.4 is 10.1 Å². The highest BCUT2D eigenvalue weighted by molar-refractivity contribution is 9.10. The second kappa shape index (κ2) is 9.44. The topological polar surface area (TPSA) is 30.5 Å². The van der Waals surface area contributed by atoms with Crippen molar-refractivity contribution in [3.8, 4) is 5.75 Å². The maximum absolute atomic E-state index is 5.86. The minimum atomic E-state index is 0.265. The summed E-state index contributed by atoms with van der Waals surface area (Å²) in [6.45, 7) is 10.2. The van der Waals surface area contributed by atoms with E-state index in [9.17, 15) is 0 Å². The molecule has 0 amide bonds. The Balaban J connectivity index is 2.39. The molecule has 0 aromatic heterocycles. The summed E-state index contributed by atoms with van der Waals surface area (Å²) >= 11 is 3.46. The molecular formula is C17H28BrNO2. The molecule has 0 heterocycles. The zero-order chi connectivity index (χ0) is 15.7. The number of hydrogen-bond donors (Lipinski definition) is 1. The molecule has 0 aliphatic rings. The number of nitrogens with one attached hydrogen (secondary N) is 1. The van der Waals surface area contributed by atoms with Crippen LogP contribution in [-0.4, -0.2) is 33.4 Å².